The minimum atomic E-state index is -0.847. The van der Waals surface area contributed by atoms with Gasteiger partial charge in [-0.15, -0.1) is 0 Å². The van der Waals surface area contributed by atoms with Crippen LogP contribution in [0.2, 0.25) is 0 Å². The predicted octanol–water partition coefficient (Wildman–Crippen LogP) is 17.9. The zero-order valence-corrected chi connectivity index (χ0v) is 43.7. The molecule has 0 spiro atoms. The first-order chi connectivity index (χ1) is 32.0. The summed E-state index contributed by atoms with van der Waals surface area (Å²) in [5.74, 6) is -0.0635. The molecule has 0 aromatic rings. The fourth-order valence-electron chi connectivity index (χ4n) is 8.98. The third-order valence-electron chi connectivity index (χ3n) is 13.5. The summed E-state index contributed by atoms with van der Waals surface area (Å²) >= 11 is 0. The monoisotopic (exact) mass is 916 g/mol. The molecule has 0 aliphatic carbocycles. The number of aliphatic hydroxyl groups excluding tert-OH is 2. The number of nitrogens with one attached hydrogen (secondary N) is 1. The molecule has 0 saturated heterocycles. The molecule has 3 N–H and O–H groups in total. The summed E-state index contributed by atoms with van der Waals surface area (Å²) in [4.78, 5) is 24.5. The van der Waals surface area contributed by atoms with Crippen molar-refractivity contribution < 1.29 is 24.5 Å². The van der Waals surface area contributed by atoms with Gasteiger partial charge in [-0.1, -0.05) is 269 Å². The Morgan fingerprint density at radius 1 is 0.415 bits per heavy atom. The highest BCUT2D eigenvalue weighted by Gasteiger charge is 2.18. The molecule has 2 unspecified atom stereocenters. The number of ether oxygens (including phenoxy) is 1. The quantitative estimate of drug-likeness (QED) is 0.0321. The standard InChI is InChI=1S/C59H113NO5/c1-3-5-7-9-11-13-15-16-25-29-33-37-41-45-49-53-59(64)65-54-50-46-42-38-34-30-27-24-22-20-18-17-19-21-23-26-28-32-36-40-44-48-52-58(63)60-56(55-61)57(62)51-47-43-39-35-31-14-12-10-8-6-4-2/h19,21,47,51,56-57,61-62H,3-18,20,22-46,48-50,52-55H2,1-2H3,(H,60,63)/b21-19-,51-47+. The Bertz CT molecular complexity index is 1010. The van der Waals surface area contributed by atoms with E-state index in [9.17, 15) is 19.8 Å². The van der Waals surface area contributed by atoms with Gasteiger partial charge in [0.1, 0.15) is 0 Å². The molecule has 0 bridgehead atoms. The van der Waals surface area contributed by atoms with Crippen LogP contribution in [-0.2, 0) is 14.3 Å². The van der Waals surface area contributed by atoms with E-state index >= 15 is 0 Å². The van der Waals surface area contributed by atoms with Gasteiger partial charge in [0.2, 0.25) is 5.91 Å². The fraction of sp³-hybridized carbons (Fsp3) is 0.898. The molecular formula is C59H113NO5. The van der Waals surface area contributed by atoms with E-state index in [1.165, 1.54) is 244 Å². The van der Waals surface area contributed by atoms with Crippen LogP contribution in [0.25, 0.3) is 0 Å². The van der Waals surface area contributed by atoms with Crippen molar-refractivity contribution in [2.75, 3.05) is 13.2 Å². The van der Waals surface area contributed by atoms with E-state index < -0.39 is 12.1 Å². The van der Waals surface area contributed by atoms with Gasteiger partial charge in [-0.3, -0.25) is 9.59 Å². The molecule has 0 aromatic carbocycles. The van der Waals surface area contributed by atoms with Crippen LogP contribution in [0.15, 0.2) is 24.3 Å². The molecule has 0 radical (unpaired) electrons. The van der Waals surface area contributed by atoms with Gasteiger partial charge in [0.25, 0.3) is 0 Å². The molecule has 0 aliphatic rings. The molecular weight excluding hydrogens is 803 g/mol. The summed E-state index contributed by atoms with van der Waals surface area (Å²) in [6.45, 7) is 4.90. The number of rotatable bonds is 54. The molecule has 0 heterocycles. The van der Waals surface area contributed by atoms with Gasteiger partial charge in [-0.25, -0.2) is 0 Å². The minimum absolute atomic E-state index is 0.0122. The lowest BCUT2D eigenvalue weighted by Gasteiger charge is -2.20. The Kier molecular flexibility index (Phi) is 53.5. The van der Waals surface area contributed by atoms with Crippen molar-refractivity contribution in [3.05, 3.63) is 24.3 Å². The van der Waals surface area contributed by atoms with Crippen LogP contribution in [-0.4, -0.2) is 47.4 Å². The second-order valence-corrected chi connectivity index (χ2v) is 20.0. The van der Waals surface area contributed by atoms with Gasteiger partial charge in [-0.05, 0) is 57.8 Å². The number of hydrogen-bond donors (Lipinski definition) is 3. The van der Waals surface area contributed by atoms with Crippen LogP contribution < -0.4 is 5.32 Å². The molecule has 0 fully saturated rings. The van der Waals surface area contributed by atoms with Crippen LogP contribution >= 0.6 is 0 Å². The van der Waals surface area contributed by atoms with Gasteiger partial charge >= 0.3 is 5.97 Å². The maximum atomic E-state index is 12.4. The molecule has 0 aliphatic heterocycles. The lowest BCUT2D eigenvalue weighted by atomic mass is 10.0. The van der Waals surface area contributed by atoms with E-state index in [0.29, 0.717) is 19.4 Å². The third kappa shape index (κ3) is 51.6. The minimum Gasteiger partial charge on any atom is -0.466 e. The first-order valence-electron chi connectivity index (χ1n) is 29.1. The number of allylic oxidation sites excluding steroid dienone is 3. The highest BCUT2D eigenvalue weighted by molar-refractivity contribution is 5.76. The van der Waals surface area contributed by atoms with E-state index in [2.05, 4.69) is 31.3 Å². The van der Waals surface area contributed by atoms with E-state index in [1.54, 1.807) is 6.08 Å². The normalized spacial score (nSPS) is 12.7. The number of carbonyl (C=O) groups excluding carboxylic acids is 2. The van der Waals surface area contributed by atoms with Crippen LogP contribution in [0.5, 0.6) is 0 Å². The number of hydrogen-bond acceptors (Lipinski definition) is 5. The van der Waals surface area contributed by atoms with E-state index in [1.807, 2.05) is 6.08 Å². The van der Waals surface area contributed by atoms with E-state index in [0.717, 1.165) is 44.9 Å². The molecule has 0 saturated carbocycles. The molecule has 1 amide bonds. The largest absolute Gasteiger partial charge is 0.466 e. The van der Waals surface area contributed by atoms with Crippen LogP contribution in [0.3, 0.4) is 0 Å². The number of carbonyl (C=O) groups is 2. The number of esters is 1. The second-order valence-electron chi connectivity index (χ2n) is 20.0. The lowest BCUT2D eigenvalue weighted by molar-refractivity contribution is -0.143. The molecule has 6 heteroatoms. The summed E-state index contributed by atoms with van der Waals surface area (Å²) in [5, 5.41) is 23.0. The third-order valence-corrected chi connectivity index (χ3v) is 13.5. The maximum Gasteiger partial charge on any atom is 0.305 e. The van der Waals surface area contributed by atoms with Crippen molar-refractivity contribution in [1.82, 2.24) is 5.32 Å². The predicted molar refractivity (Wildman–Crippen MR) is 283 cm³/mol. The van der Waals surface area contributed by atoms with Crippen LogP contribution in [0.1, 0.15) is 316 Å². The van der Waals surface area contributed by atoms with Crippen molar-refractivity contribution >= 4 is 11.9 Å². The molecule has 0 aromatic heterocycles. The average molecular weight is 917 g/mol. The zero-order chi connectivity index (χ0) is 47.2. The SMILES string of the molecule is CCCCCCCCCCC/C=C/C(O)C(CO)NC(=O)CCCCCCCCC/C=C\CCCCCCCCCCCCCOC(=O)CCCCCCCCCCCCCCCCC. The van der Waals surface area contributed by atoms with Gasteiger partial charge in [0, 0.05) is 12.8 Å². The van der Waals surface area contributed by atoms with E-state index in [4.69, 9.17) is 4.74 Å². The molecule has 2 atom stereocenters. The highest BCUT2D eigenvalue weighted by Crippen LogP contribution is 2.17. The summed E-state index contributed by atoms with van der Waals surface area (Å²) in [6.07, 6.45) is 66.4. The summed E-state index contributed by atoms with van der Waals surface area (Å²) in [7, 11) is 0. The Hall–Kier alpha value is -1.66. The van der Waals surface area contributed by atoms with Crippen LogP contribution in [0, 0.1) is 0 Å². The molecule has 384 valence electrons. The average Bonchev–Trinajstić information content (AvgIpc) is 3.31. The van der Waals surface area contributed by atoms with Crippen molar-refractivity contribution in [2.45, 2.75) is 328 Å². The number of amides is 1. The number of aliphatic hydroxyl groups is 2. The first-order valence-corrected chi connectivity index (χ1v) is 29.1. The lowest BCUT2D eigenvalue weighted by Crippen LogP contribution is -2.45. The van der Waals surface area contributed by atoms with Crippen molar-refractivity contribution in [1.29, 1.82) is 0 Å². The Labute approximate surface area is 405 Å². The summed E-state index contributed by atoms with van der Waals surface area (Å²) in [5.41, 5.74) is 0. The molecule has 6 nitrogen and oxygen atoms in total. The van der Waals surface area contributed by atoms with Crippen molar-refractivity contribution in [3.8, 4) is 0 Å². The molecule has 0 rings (SSSR count). The Morgan fingerprint density at radius 3 is 1.09 bits per heavy atom. The van der Waals surface area contributed by atoms with Crippen molar-refractivity contribution in [2.24, 2.45) is 0 Å². The first kappa shape index (κ1) is 63.3. The number of unbranched alkanes of at least 4 members (excludes halogenated alkanes) is 41. The fourth-order valence-corrected chi connectivity index (χ4v) is 8.98. The summed E-state index contributed by atoms with van der Waals surface area (Å²) < 4.78 is 5.48. The van der Waals surface area contributed by atoms with E-state index in [-0.39, 0.29) is 18.5 Å². The topological polar surface area (TPSA) is 95.9 Å². The second kappa shape index (κ2) is 54.9. The zero-order valence-electron chi connectivity index (χ0n) is 43.7. The van der Waals surface area contributed by atoms with Gasteiger partial charge in [0.05, 0.1) is 25.4 Å². The van der Waals surface area contributed by atoms with Crippen molar-refractivity contribution in [3.63, 3.8) is 0 Å². The highest BCUT2D eigenvalue weighted by atomic mass is 16.5. The Morgan fingerprint density at radius 2 is 0.723 bits per heavy atom. The van der Waals surface area contributed by atoms with Gasteiger partial charge in [0.15, 0.2) is 0 Å². The smallest absolute Gasteiger partial charge is 0.305 e. The Balaban J connectivity index is 3.40. The maximum absolute atomic E-state index is 12.4. The van der Waals surface area contributed by atoms with Gasteiger partial charge in [-0.2, -0.15) is 0 Å². The summed E-state index contributed by atoms with van der Waals surface area (Å²) in [6, 6.07) is -0.631. The molecule has 65 heavy (non-hydrogen) atoms. The van der Waals surface area contributed by atoms with Crippen LogP contribution in [0.4, 0.5) is 0 Å². The van der Waals surface area contributed by atoms with Gasteiger partial charge < -0.3 is 20.3 Å².